The Balaban J connectivity index is 1.64. The van der Waals surface area contributed by atoms with E-state index in [0.29, 0.717) is 6.04 Å². The van der Waals surface area contributed by atoms with E-state index >= 15 is 0 Å². The van der Waals surface area contributed by atoms with Crippen LogP contribution in [0.3, 0.4) is 0 Å². The van der Waals surface area contributed by atoms with E-state index in [2.05, 4.69) is 27.0 Å². The summed E-state index contributed by atoms with van der Waals surface area (Å²) >= 11 is 0. The molecule has 0 spiro atoms. The average Bonchev–Trinajstić information content (AvgIpc) is 2.64. The van der Waals surface area contributed by atoms with Crippen molar-refractivity contribution in [3.05, 3.63) is 30.1 Å². The predicted octanol–water partition coefficient (Wildman–Crippen LogP) is 2.53. The molecule has 2 heterocycles. The third-order valence-electron chi connectivity index (χ3n) is 5.41. The molecule has 0 bridgehead atoms. The van der Waals surface area contributed by atoms with E-state index < -0.39 is 0 Å². The molecule has 1 aromatic carbocycles. The Hall–Kier alpha value is -1.72. The molecule has 5 nitrogen and oxygen atoms in total. The molecule has 2 fully saturated rings. The van der Waals surface area contributed by atoms with Crippen LogP contribution in [0.5, 0.6) is 0 Å². The van der Waals surface area contributed by atoms with Crippen LogP contribution in [-0.2, 0) is 11.2 Å². The lowest BCUT2D eigenvalue weighted by atomic mass is 9.82. The van der Waals surface area contributed by atoms with Gasteiger partial charge in [-0.15, -0.1) is 0 Å². The van der Waals surface area contributed by atoms with Crippen molar-refractivity contribution in [1.82, 2.24) is 9.97 Å². The monoisotopic (exact) mass is 326 g/mol. The molecule has 24 heavy (non-hydrogen) atoms. The zero-order valence-electron chi connectivity index (χ0n) is 14.2. The molecule has 128 valence electrons. The number of benzene rings is 1. The van der Waals surface area contributed by atoms with Crippen molar-refractivity contribution in [2.24, 2.45) is 11.7 Å². The van der Waals surface area contributed by atoms with E-state index in [1.165, 1.54) is 24.1 Å². The summed E-state index contributed by atoms with van der Waals surface area (Å²) in [4.78, 5) is 11.6. The van der Waals surface area contributed by atoms with E-state index in [9.17, 15) is 0 Å². The number of fused-ring (bicyclic) bond motifs is 1. The first kappa shape index (κ1) is 15.8. The molecule has 1 saturated carbocycles. The van der Waals surface area contributed by atoms with Crippen LogP contribution >= 0.6 is 0 Å². The standard InChI is InChI=1S/C19H26N4O/c20-16-3-1-14(2-4-16)11-15-12-17(23-7-9-24-10-8-23)13-18-19(15)22-6-5-21-18/h5-6,12-14,16H,1-4,7-11,20H2. The second-order valence-electron chi connectivity index (χ2n) is 7.11. The van der Waals surface area contributed by atoms with Gasteiger partial charge >= 0.3 is 0 Å². The molecule has 0 unspecified atom stereocenters. The lowest BCUT2D eigenvalue weighted by Crippen LogP contribution is -2.36. The summed E-state index contributed by atoms with van der Waals surface area (Å²) in [5, 5.41) is 0. The third kappa shape index (κ3) is 3.37. The number of hydrogen-bond donors (Lipinski definition) is 1. The van der Waals surface area contributed by atoms with Crippen molar-refractivity contribution < 1.29 is 4.74 Å². The molecule has 1 aliphatic heterocycles. The number of nitrogens with zero attached hydrogens (tertiary/aromatic N) is 3. The van der Waals surface area contributed by atoms with Gasteiger partial charge in [0.15, 0.2) is 0 Å². The highest BCUT2D eigenvalue weighted by Crippen LogP contribution is 2.31. The molecular formula is C19H26N4O. The quantitative estimate of drug-likeness (QED) is 0.939. The first-order valence-electron chi connectivity index (χ1n) is 9.11. The number of morpholine rings is 1. The summed E-state index contributed by atoms with van der Waals surface area (Å²) in [6, 6.07) is 4.91. The van der Waals surface area contributed by atoms with Crippen molar-refractivity contribution in [3.8, 4) is 0 Å². The molecule has 5 heteroatoms. The van der Waals surface area contributed by atoms with E-state index in [4.69, 9.17) is 10.5 Å². The van der Waals surface area contributed by atoms with E-state index in [0.717, 1.165) is 62.5 Å². The van der Waals surface area contributed by atoms with Gasteiger partial charge in [0.1, 0.15) is 0 Å². The summed E-state index contributed by atoms with van der Waals surface area (Å²) in [6.45, 7) is 3.50. The van der Waals surface area contributed by atoms with Gasteiger partial charge in [0.2, 0.25) is 0 Å². The molecule has 0 atom stereocenters. The molecule has 0 radical (unpaired) electrons. The minimum atomic E-state index is 0.400. The zero-order valence-corrected chi connectivity index (χ0v) is 14.2. The minimum Gasteiger partial charge on any atom is -0.378 e. The summed E-state index contributed by atoms with van der Waals surface area (Å²) in [5.41, 5.74) is 10.7. The Labute approximate surface area is 143 Å². The lowest BCUT2D eigenvalue weighted by Gasteiger charge is -2.30. The Bertz CT molecular complexity index is 691. The van der Waals surface area contributed by atoms with Crippen LogP contribution in [-0.4, -0.2) is 42.3 Å². The van der Waals surface area contributed by atoms with E-state index in [1.54, 1.807) is 12.4 Å². The highest BCUT2D eigenvalue weighted by atomic mass is 16.5. The molecule has 1 aliphatic carbocycles. The van der Waals surface area contributed by atoms with Crippen LogP contribution in [0.4, 0.5) is 5.69 Å². The van der Waals surface area contributed by atoms with Gasteiger partial charge in [-0.2, -0.15) is 0 Å². The molecule has 2 aliphatic rings. The lowest BCUT2D eigenvalue weighted by molar-refractivity contribution is 0.122. The molecule has 0 amide bonds. The highest BCUT2D eigenvalue weighted by Gasteiger charge is 2.21. The Kier molecular flexibility index (Phi) is 4.63. The van der Waals surface area contributed by atoms with Crippen LogP contribution < -0.4 is 10.6 Å². The number of aromatic nitrogens is 2. The van der Waals surface area contributed by atoms with Gasteiger partial charge in [0, 0.05) is 37.2 Å². The van der Waals surface area contributed by atoms with Crippen LogP contribution in [0, 0.1) is 5.92 Å². The van der Waals surface area contributed by atoms with Crippen molar-refractivity contribution in [2.45, 2.75) is 38.1 Å². The Morgan fingerprint density at radius 3 is 2.58 bits per heavy atom. The van der Waals surface area contributed by atoms with Crippen molar-refractivity contribution >= 4 is 16.7 Å². The van der Waals surface area contributed by atoms with Gasteiger partial charge in [-0.3, -0.25) is 9.97 Å². The maximum atomic E-state index is 6.06. The summed E-state index contributed by atoms with van der Waals surface area (Å²) < 4.78 is 5.49. The topological polar surface area (TPSA) is 64.3 Å². The first-order chi connectivity index (χ1) is 11.8. The second-order valence-corrected chi connectivity index (χ2v) is 7.11. The minimum absolute atomic E-state index is 0.400. The van der Waals surface area contributed by atoms with Crippen molar-refractivity contribution in [3.63, 3.8) is 0 Å². The number of anilines is 1. The first-order valence-corrected chi connectivity index (χ1v) is 9.11. The van der Waals surface area contributed by atoms with Crippen LogP contribution in [0.25, 0.3) is 11.0 Å². The summed E-state index contributed by atoms with van der Waals surface area (Å²) in [7, 11) is 0. The molecular weight excluding hydrogens is 300 g/mol. The number of rotatable bonds is 3. The van der Waals surface area contributed by atoms with Crippen LogP contribution in [0.15, 0.2) is 24.5 Å². The summed E-state index contributed by atoms with van der Waals surface area (Å²) in [5.74, 6) is 0.718. The third-order valence-corrected chi connectivity index (χ3v) is 5.41. The number of nitrogens with two attached hydrogens (primary N) is 1. The molecule has 1 saturated heterocycles. The average molecular weight is 326 g/mol. The van der Waals surface area contributed by atoms with Gasteiger partial charge in [0.05, 0.1) is 24.2 Å². The molecule has 2 N–H and O–H groups in total. The Morgan fingerprint density at radius 2 is 1.79 bits per heavy atom. The number of ether oxygens (including phenoxy) is 1. The zero-order chi connectivity index (χ0) is 16.4. The SMILES string of the molecule is NC1CCC(Cc2cc(N3CCOCC3)cc3nccnc23)CC1. The molecule has 4 rings (SSSR count). The van der Waals surface area contributed by atoms with Crippen molar-refractivity contribution in [2.75, 3.05) is 31.2 Å². The summed E-state index contributed by atoms with van der Waals surface area (Å²) in [6.07, 6.45) is 9.43. The fourth-order valence-electron chi connectivity index (χ4n) is 3.99. The molecule has 1 aromatic heterocycles. The smallest absolute Gasteiger partial charge is 0.0920 e. The van der Waals surface area contributed by atoms with Crippen molar-refractivity contribution in [1.29, 1.82) is 0 Å². The number of hydrogen-bond acceptors (Lipinski definition) is 5. The maximum absolute atomic E-state index is 6.06. The van der Waals surface area contributed by atoms with Gasteiger partial charge in [0.25, 0.3) is 0 Å². The van der Waals surface area contributed by atoms with Gasteiger partial charge in [-0.25, -0.2) is 0 Å². The molecule has 2 aromatic rings. The largest absolute Gasteiger partial charge is 0.378 e. The maximum Gasteiger partial charge on any atom is 0.0920 e. The fraction of sp³-hybridized carbons (Fsp3) is 0.579. The van der Waals surface area contributed by atoms with E-state index in [1.807, 2.05) is 0 Å². The van der Waals surface area contributed by atoms with Gasteiger partial charge in [-0.05, 0) is 55.7 Å². The fourth-order valence-corrected chi connectivity index (χ4v) is 3.99. The van der Waals surface area contributed by atoms with Gasteiger partial charge in [-0.1, -0.05) is 0 Å². The Morgan fingerprint density at radius 1 is 1.04 bits per heavy atom. The predicted molar refractivity (Wildman–Crippen MR) is 96.2 cm³/mol. The second kappa shape index (κ2) is 7.03. The van der Waals surface area contributed by atoms with E-state index in [-0.39, 0.29) is 0 Å². The highest BCUT2D eigenvalue weighted by molar-refractivity contribution is 5.82. The van der Waals surface area contributed by atoms with Gasteiger partial charge < -0.3 is 15.4 Å². The van der Waals surface area contributed by atoms with Crippen LogP contribution in [0.1, 0.15) is 31.2 Å². The van der Waals surface area contributed by atoms with Crippen LogP contribution in [0.2, 0.25) is 0 Å². The normalized spacial score (nSPS) is 25.1.